The van der Waals surface area contributed by atoms with E-state index in [1.807, 2.05) is 7.05 Å². The summed E-state index contributed by atoms with van der Waals surface area (Å²) >= 11 is 1.67. The highest BCUT2D eigenvalue weighted by molar-refractivity contribution is 7.99. The molecule has 0 aliphatic rings. The van der Waals surface area contributed by atoms with Crippen molar-refractivity contribution in [2.24, 2.45) is 0 Å². The number of nitrogens with zero attached hydrogens (tertiary/aromatic N) is 2. The summed E-state index contributed by atoms with van der Waals surface area (Å²) < 4.78 is 0. The van der Waals surface area contributed by atoms with E-state index in [1.54, 1.807) is 11.8 Å². The summed E-state index contributed by atoms with van der Waals surface area (Å²) in [6, 6.07) is 9.15. The molecule has 1 heterocycles. The Balaban J connectivity index is 2.00. The third kappa shape index (κ3) is 3.81. The third-order valence-electron chi connectivity index (χ3n) is 3.13. The van der Waals surface area contributed by atoms with E-state index < -0.39 is 0 Å². The van der Waals surface area contributed by atoms with Crippen LogP contribution in [0.5, 0.6) is 0 Å². The zero-order valence-corrected chi connectivity index (χ0v) is 12.4. The van der Waals surface area contributed by atoms with Crippen LogP contribution in [0.3, 0.4) is 0 Å². The minimum atomic E-state index is 0.316. The molecular formula is C14H20N4S. The molecule has 1 atom stereocenters. The van der Waals surface area contributed by atoms with Crippen LogP contribution >= 0.6 is 11.8 Å². The maximum Gasteiger partial charge on any atom is 0.183 e. The van der Waals surface area contributed by atoms with Crippen molar-refractivity contribution in [2.75, 3.05) is 12.8 Å². The molecule has 0 amide bonds. The molecule has 2 rings (SSSR count). The smallest absolute Gasteiger partial charge is 0.183 e. The molecule has 5 heteroatoms. The van der Waals surface area contributed by atoms with Crippen molar-refractivity contribution < 1.29 is 0 Å². The van der Waals surface area contributed by atoms with E-state index in [0.29, 0.717) is 12.0 Å². The molecule has 1 unspecified atom stereocenters. The number of thioether (sulfide) groups is 1. The maximum atomic E-state index is 4.12. The van der Waals surface area contributed by atoms with Gasteiger partial charge in [-0.2, -0.15) is 5.10 Å². The van der Waals surface area contributed by atoms with Gasteiger partial charge in [0.15, 0.2) is 5.16 Å². The normalized spacial score (nSPS) is 12.8. The summed E-state index contributed by atoms with van der Waals surface area (Å²) in [6.45, 7) is 4.43. The van der Waals surface area contributed by atoms with Gasteiger partial charge in [-0.3, -0.25) is 5.10 Å². The predicted molar refractivity (Wildman–Crippen MR) is 79.4 cm³/mol. The average Bonchev–Trinajstić information content (AvgIpc) is 2.93. The lowest BCUT2D eigenvalue weighted by molar-refractivity contribution is 0.660. The fourth-order valence-electron chi connectivity index (χ4n) is 1.89. The highest BCUT2D eigenvalue weighted by Gasteiger charge is 2.11. The largest absolute Gasteiger partial charge is 0.312 e. The molecule has 1 aromatic carbocycles. The van der Waals surface area contributed by atoms with Crippen LogP contribution in [-0.2, 0) is 0 Å². The maximum absolute atomic E-state index is 4.12. The molecule has 0 aliphatic carbocycles. The number of hydrogen-bond acceptors (Lipinski definition) is 4. The van der Waals surface area contributed by atoms with E-state index in [9.17, 15) is 0 Å². The monoisotopic (exact) mass is 276 g/mol. The number of aromatic nitrogens is 3. The summed E-state index contributed by atoms with van der Waals surface area (Å²) in [4.78, 5) is 4.12. The van der Waals surface area contributed by atoms with Gasteiger partial charge >= 0.3 is 0 Å². The lowest BCUT2D eigenvalue weighted by atomic mass is 10.00. The van der Waals surface area contributed by atoms with Crippen LogP contribution in [0.15, 0.2) is 35.7 Å². The Morgan fingerprint density at radius 2 is 1.89 bits per heavy atom. The lowest BCUT2D eigenvalue weighted by Crippen LogP contribution is -2.18. The first-order valence-electron chi connectivity index (χ1n) is 6.46. The zero-order chi connectivity index (χ0) is 13.7. The Labute approximate surface area is 118 Å². The SMILES string of the molecule is CNC(CSc1ncn[nH]1)c1ccc(C(C)C)cc1. The highest BCUT2D eigenvalue weighted by atomic mass is 32.2. The fourth-order valence-corrected chi connectivity index (χ4v) is 2.81. The molecule has 4 nitrogen and oxygen atoms in total. The Kier molecular flexibility index (Phi) is 4.99. The van der Waals surface area contributed by atoms with E-state index in [0.717, 1.165) is 10.9 Å². The van der Waals surface area contributed by atoms with Crippen molar-refractivity contribution in [2.45, 2.75) is 31.0 Å². The predicted octanol–water partition coefficient (Wildman–Crippen LogP) is 2.98. The van der Waals surface area contributed by atoms with Gasteiger partial charge in [0.1, 0.15) is 6.33 Å². The summed E-state index contributed by atoms with van der Waals surface area (Å²) in [7, 11) is 1.99. The summed E-state index contributed by atoms with van der Waals surface area (Å²) in [5.41, 5.74) is 2.68. The Morgan fingerprint density at radius 1 is 1.21 bits per heavy atom. The summed E-state index contributed by atoms with van der Waals surface area (Å²) in [5, 5.41) is 10.9. The molecule has 0 spiro atoms. The van der Waals surface area contributed by atoms with Gasteiger partial charge in [0, 0.05) is 11.8 Å². The molecule has 102 valence electrons. The van der Waals surface area contributed by atoms with E-state index in [1.165, 1.54) is 17.5 Å². The molecule has 0 aliphatic heterocycles. The number of hydrogen-bond donors (Lipinski definition) is 2. The molecule has 0 saturated carbocycles. The van der Waals surface area contributed by atoms with Crippen molar-refractivity contribution >= 4 is 11.8 Å². The second-order valence-corrected chi connectivity index (χ2v) is 5.77. The number of benzene rings is 1. The van der Waals surface area contributed by atoms with Crippen LogP contribution in [0.4, 0.5) is 0 Å². The van der Waals surface area contributed by atoms with Gasteiger partial charge in [0.25, 0.3) is 0 Å². The molecule has 0 radical (unpaired) electrons. The van der Waals surface area contributed by atoms with Crippen LogP contribution in [-0.4, -0.2) is 28.0 Å². The van der Waals surface area contributed by atoms with Crippen LogP contribution in [0.25, 0.3) is 0 Å². The van der Waals surface area contributed by atoms with Gasteiger partial charge in [0.2, 0.25) is 0 Å². The van der Waals surface area contributed by atoms with Crippen molar-refractivity contribution in [1.82, 2.24) is 20.5 Å². The van der Waals surface area contributed by atoms with Gasteiger partial charge in [-0.1, -0.05) is 49.9 Å². The molecule has 1 aromatic heterocycles. The Hall–Kier alpha value is -1.33. The molecule has 2 N–H and O–H groups in total. The van der Waals surface area contributed by atoms with Gasteiger partial charge in [-0.05, 0) is 24.1 Å². The van der Waals surface area contributed by atoms with Crippen LogP contribution in [0.1, 0.15) is 36.9 Å². The number of nitrogens with one attached hydrogen (secondary N) is 2. The Bertz CT molecular complexity index is 479. The second kappa shape index (κ2) is 6.73. The van der Waals surface area contributed by atoms with Gasteiger partial charge in [-0.15, -0.1) is 0 Å². The standard InChI is InChI=1S/C14H20N4S/c1-10(2)11-4-6-12(7-5-11)13(15-3)8-19-14-16-9-17-18-14/h4-7,9-10,13,15H,8H2,1-3H3,(H,16,17,18). The van der Waals surface area contributed by atoms with Crippen molar-refractivity contribution in [3.05, 3.63) is 41.7 Å². The first-order chi connectivity index (χ1) is 9.20. The average molecular weight is 276 g/mol. The number of rotatable bonds is 6. The first kappa shape index (κ1) is 14.1. The van der Waals surface area contributed by atoms with Gasteiger partial charge < -0.3 is 5.32 Å². The second-order valence-electron chi connectivity index (χ2n) is 4.76. The minimum Gasteiger partial charge on any atom is -0.312 e. The lowest BCUT2D eigenvalue weighted by Gasteiger charge is -2.16. The van der Waals surface area contributed by atoms with Crippen molar-refractivity contribution in [3.63, 3.8) is 0 Å². The third-order valence-corrected chi connectivity index (χ3v) is 4.10. The minimum absolute atomic E-state index is 0.316. The van der Waals surface area contributed by atoms with Crippen molar-refractivity contribution in [1.29, 1.82) is 0 Å². The van der Waals surface area contributed by atoms with Crippen molar-refractivity contribution in [3.8, 4) is 0 Å². The molecular weight excluding hydrogens is 256 g/mol. The van der Waals surface area contributed by atoms with E-state index in [4.69, 9.17) is 0 Å². The molecule has 19 heavy (non-hydrogen) atoms. The first-order valence-corrected chi connectivity index (χ1v) is 7.44. The quantitative estimate of drug-likeness (QED) is 0.796. The van der Waals surface area contributed by atoms with E-state index in [-0.39, 0.29) is 0 Å². The zero-order valence-electron chi connectivity index (χ0n) is 11.6. The molecule has 2 aromatic rings. The molecule has 0 fully saturated rings. The topological polar surface area (TPSA) is 53.6 Å². The van der Waals surface area contributed by atoms with Crippen LogP contribution in [0, 0.1) is 0 Å². The Morgan fingerprint density at radius 3 is 2.42 bits per heavy atom. The van der Waals surface area contributed by atoms with Crippen LogP contribution < -0.4 is 5.32 Å². The fraction of sp³-hybridized carbons (Fsp3) is 0.429. The summed E-state index contributed by atoms with van der Waals surface area (Å²) in [6.07, 6.45) is 1.54. The van der Waals surface area contributed by atoms with Gasteiger partial charge in [-0.25, -0.2) is 4.98 Å². The summed E-state index contributed by atoms with van der Waals surface area (Å²) in [5.74, 6) is 1.50. The van der Waals surface area contributed by atoms with E-state index >= 15 is 0 Å². The number of aromatic amines is 1. The highest BCUT2D eigenvalue weighted by Crippen LogP contribution is 2.23. The van der Waals surface area contributed by atoms with Crippen LogP contribution in [0.2, 0.25) is 0 Å². The number of H-pyrrole nitrogens is 1. The molecule has 0 bridgehead atoms. The molecule has 0 saturated heterocycles. The van der Waals surface area contributed by atoms with E-state index in [2.05, 4.69) is 58.6 Å². The van der Waals surface area contributed by atoms with Gasteiger partial charge in [0.05, 0.1) is 0 Å².